The Morgan fingerprint density at radius 3 is 2.57 bits per heavy atom. The molecule has 7 heteroatoms. The molecule has 0 aliphatic carbocycles. The van der Waals surface area contributed by atoms with Gasteiger partial charge in [-0.1, -0.05) is 12.1 Å². The Bertz CT molecular complexity index is 830. The molecule has 23 heavy (non-hydrogen) atoms. The fourth-order valence-corrected chi connectivity index (χ4v) is 3.09. The van der Waals surface area contributed by atoms with Gasteiger partial charge >= 0.3 is 10.1 Å². The minimum absolute atomic E-state index is 0.0175. The molecule has 2 aromatic carbocycles. The standard InChI is InChI=1S/C16H15FO5S/c1-11-12(8-9-18)6-7-15(21-2)16(11)22-23(19,20)14-5-3-4-13(17)10-14/h3-7,9-10H,8H2,1-2H3. The number of hydrogen-bond acceptors (Lipinski definition) is 5. The lowest BCUT2D eigenvalue weighted by atomic mass is 10.0. The Morgan fingerprint density at radius 2 is 1.96 bits per heavy atom. The second kappa shape index (κ2) is 6.78. The van der Waals surface area contributed by atoms with E-state index in [1.54, 1.807) is 13.0 Å². The van der Waals surface area contributed by atoms with Gasteiger partial charge in [0, 0.05) is 12.0 Å². The summed E-state index contributed by atoms with van der Waals surface area (Å²) in [6.45, 7) is 1.62. The summed E-state index contributed by atoms with van der Waals surface area (Å²) in [5, 5.41) is 0. The monoisotopic (exact) mass is 338 g/mol. The molecule has 0 unspecified atom stereocenters. The van der Waals surface area contributed by atoms with E-state index in [1.165, 1.54) is 25.3 Å². The van der Waals surface area contributed by atoms with Crippen LogP contribution in [0.2, 0.25) is 0 Å². The van der Waals surface area contributed by atoms with Crippen LogP contribution in [0.1, 0.15) is 11.1 Å². The van der Waals surface area contributed by atoms with E-state index in [2.05, 4.69) is 0 Å². The number of carbonyl (C=O) groups excluding carboxylic acids is 1. The van der Waals surface area contributed by atoms with Crippen LogP contribution in [0.15, 0.2) is 41.3 Å². The van der Waals surface area contributed by atoms with Gasteiger partial charge in [0.25, 0.3) is 0 Å². The Hall–Kier alpha value is -2.41. The molecule has 0 aliphatic heterocycles. The molecule has 0 N–H and O–H groups in total. The fraction of sp³-hybridized carbons (Fsp3) is 0.188. The van der Waals surface area contributed by atoms with Gasteiger partial charge in [0.15, 0.2) is 11.5 Å². The van der Waals surface area contributed by atoms with Gasteiger partial charge in [-0.25, -0.2) is 4.39 Å². The molecule has 5 nitrogen and oxygen atoms in total. The molecule has 0 fully saturated rings. The topological polar surface area (TPSA) is 69.7 Å². The van der Waals surface area contributed by atoms with Crippen LogP contribution >= 0.6 is 0 Å². The predicted molar refractivity (Wildman–Crippen MR) is 81.7 cm³/mol. The van der Waals surface area contributed by atoms with Crippen molar-refractivity contribution in [2.24, 2.45) is 0 Å². The molecule has 2 aromatic rings. The maximum atomic E-state index is 13.2. The van der Waals surface area contributed by atoms with E-state index in [1.807, 2.05) is 0 Å². The molecule has 0 aromatic heterocycles. The first-order valence-corrected chi connectivity index (χ1v) is 8.10. The highest BCUT2D eigenvalue weighted by Gasteiger charge is 2.22. The van der Waals surface area contributed by atoms with E-state index in [0.29, 0.717) is 17.4 Å². The van der Waals surface area contributed by atoms with Crippen molar-refractivity contribution in [3.05, 3.63) is 53.3 Å². The summed E-state index contributed by atoms with van der Waals surface area (Å²) >= 11 is 0. The third kappa shape index (κ3) is 3.68. The molecule has 0 aliphatic rings. The van der Waals surface area contributed by atoms with Gasteiger partial charge in [0.1, 0.15) is 17.0 Å². The molecule has 0 radical (unpaired) electrons. The number of benzene rings is 2. The average molecular weight is 338 g/mol. The SMILES string of the molecule is COc1ccc(CC=O)c(C)c1OS(=O)(=O)c1cccc(F)c1. The van der Waals surface area contributed by atoms with Crippen LogP contribution in [0.25, 0.3) is 0 Å². The average Bonchev–Trinajstić information content (AvgIpc) is 2.51. The van der Waals surface area contributed by atoms with Crippen molar-refractivity contribution < 1.29 is 26.5 Å². The highest BCUT2D eigenvalue weighted by Crippen LogP contribution is 2.35. The summed E-state index contributed by atoms with van der Waals surface area (Å²) in [6.07, 6.45) is 0.825. The van der Waals surface area contributed by atoms with Crippen LogP contribution in [0.4, 0.5) is 4.39 Å². The molecule has 0 bridgehead atoms. The minimum atomic E-state index is -4.23. The summed E-state index contributed by atoms with van der Waals surface area (Å²) in [5.74, 6) is -0.499. The van der Waals surface area contributed by atoms with Crippen molar-refractivity contribution in [3.8, 4) is 11.5 Å². The summed E-state index contributed by atoms with van der Waals surface area (Å²) in [6, 6.07) is 7.68. The van der Waals surface area contributed by atoms with Crippen LogP contribution in [-0.4, -0.2) is 21.8 Å². The van der Waals surface area contributed by atoms with E-state index < -0.39 is 15.9 Å². The summed E-state index contributed by atoms with van der Waals surface area (Å²) in [5.41, 5.74) is 1.08. The predicted octanol–water partition coefficient (Wildman–Crippen LogP) is 2.65. The van der Waals surface area contributed by atoms with Crippen molar-refractivity contribution in [1.29, 1.82) is 0 Å². The molecule has 0 atom stereocenters. The zero-order valence-corrected chi connectivity index (χ0v) is 13.4. The molecular weight excluding hydrogens is 323 g/mol. The van der Waals surface area contributed by atoms with Crippen LogP contribution in [-0.2, 0) is 21.3 Å². The van der Waals surface area contributed by atoms with Crippen molar-refractivity contribution in [2.45, 2.75) is 18.2 Å². The van der Waals surface area contributed by atoms with E-state index >= 15 is 0 Å². The van der Waals surface area contributed by atoms with E-state index in [0.717, 1.165) is 12.1 Å². The van der Waals surface area contributed by atoms with Crippen molar-refractivity contribution in [2.75, 3.05) is 7.11 Å². The Labute approximate surface area is 133 Å². The highest BCUT2D eigenvalue weighted by atomic mass is 32.2. The Balaban J connectivity index is 2.49. The van der Waals surface area contributed by atoms with Crippen LogP contribution < -0.4 is 8.92 Å². The van der Waals surface area contributed by atoms with E-state index in [9.17, 15) is 17.6 Å². The van der Waals surface area contributed by atoms with Crippen LogP contribution in [0, 0.1) is 12.7 Å². The fourth-order valence-electron chi connectivity index (χ4n) is 2.06. The first-order chi connectivity index (χ1) is 10.9. The van der Waals surface area contributed by atoms with Crippen molar-refractivity contribution in [1.82, 2.24) is 0 Å². The Morgan fingerprint density at radius 1 is 1.22 bits per heavy atom. The lowest BCUT2D eigenvalue weighted by Crippen LogP contribution is -2.12. The maximum Gasteiger partial charge on any atom is 0.339 e. The second-order valence-electron chi connectivity index (χ2n) is 4.75. The minimum Gasteiger partial charge on any atom is -0.493 e. The van der Waals surface area contributed by atoms with Gasteiger partial charge in [-0.15, -0.1) is 0 Å². The number of halogens is 1. The quantitative estimate of drug-likeness (QED) is 0.598. The number of carbonyl (C=O) groups is 1. The van der Waals surface area contributed by atoms with Gasteiger partial charge < -0.3 is 13.7 Å². The first-order valence-electron chi connectivity index (χ1n) is 6.69. The third-order valence-electron chi connectivity index (χ3n) is 3.28. The zero-order chi connectivity index (χ0) is 17.0. The summed E-state index contributed by atoms with van der Waals surface area (Å²) in [7, 11) is -2.86. The smallest absolute Gasteiger partial charge is 0.339 e. The molecule has 0 saturated heterocycles. The number of rotatable bonds is 6. The molecular formula is C16H15FO5S. The Kier molecular flexibility index (Phi) is 5.00. The van der Waals surface area contributed by atoms with Crippen molar-refractivity contribution in [3.63, 3.8) is 0 Å². The number of aldehydes is 1. The molecule has 122 valence electrons. The van der Waals surface area contributed by atoms with E-state index in [4.69, 9.17) is 8.92 Å². The van der Waals surface area contributed by atoms with Gasteiger partial charge in [0.2, 0.25) is 0 Å². The zero-order valence-electron chi connectivity index (χ0n) is 12.6. The number of hydrogen-bond donors (Lipinski definition) is 0. The van der Waals surface area contributed by atoms with Crippen LogP contribution in [0.3, 0.4) is 0 Å². The van der Waals surface area contributed by atoms with Gasteiger partial charge in [-0.05, 0) is 36.8 Å². The summed E-state index contributed by atoms with van der Waals surface area (Å²) in [4.78, 5) is 10.4. The normalized spacial score (nSPS) is 11.1. The van der Waals surface area contributed by atoms with E-state index in [-0.39, 0.29) is 22.8 Å². The van der Waals surface area contributed by atoms with Crippen molar-refractivity contribution >= 4 is 16.4 Å². The van der Waals surface area contributed by atoms with Crippen LogP contribution in [0.5, 0.6) is 11.5 Å². The summed E-state index contributed by atoms with van der Waals surface area (Å²) < 4.78 is 48.2. The molecule has 0 saturated carbocycles. The molecule has 0 amide bonds. The number of ether oxygens (including phenoxy) is 1. The van der Waals surface area contributed by atoms with Gasteiger partial charge in [-0.3, -0.25) is 0 Å². The molecule has 2 rings (SSSR count). The first kappa shape index (κ1) is 17.0. The third-order valence-corrected chi connectivity index (χ3v) is 4.50. The number of methoxy groups -OCH3 is 1. The lowest BCUT2D eigenvalue weighted by molar-refractivity contribution is -0.107. The lowest BCUT2D eigenvalue weighted by Gasteiger charge is -2.15. The highest BCUT2D eigenvalue weighted by molar-refractivity contribution is 7.87. The maximum absolute atomic E-state index is 13.2. The molecule has 0 heterocycles. The largest absolute Gasteiger partial charge is 0.493 e. The van der Waals surface area contributed by atoms with Gasteiger partial charge in [-0.2, -0.15) is 8.42 Å². The second-order valence-corrected chi connectivity index (χ2v) is 6.29. The molecule has 0 spiro atoms. The van der Waals surface area contributed by atoms with Gasteiger partial charge in [0.05, 0.1) is 7.11 Å².